The molecular weight excluding hydrogens is 476 g/mol. The first kappa shape index (κ1) is 23.9. The van der Waals surface area contributed by atoms with Crippen molar-refractivity contribution in [3.05, 3.63) is 51.1 Å². The predicted molar refractivity (Wildman–Crippen MR) is 121 cm³/mol. The van der Waals surface area contributed by atoms with E-state index in [1.807, 2.05) is 0 Å². The molecule has 0 unspecified atom stereocenters. The Balaban J connectivity index is 1.88. The van der Waals surface area contributed by atoms with Crippen molar-refractivity contribution in [2.45, 2.75) is 18.9 Å². The summed E-state index contributed by atoms with van der Waals surface area (Å²) >= 11 is 5.98. The van der Waals surface area contributed by atoms with Crippen LogP contribution in [0.4, 0.5) is 5.69 Å². The normalized spacial score (nSPS) is 15.7. The zero-order valence-corrected chi connectivity index (χ0v) is 18.6. The molecule has 33 heavy (non-hydrogen) atoms. The second kappa shape index (κ2) is 9.83. The average Bonchev–Trinajstić information content (AvgIpc) is 3.32. The lowest BCUT2D eigenvalue weighted by Gasteiger charge is -2.22. The molecule has 3 rings (SSSR count). The summed E-state index contributed by atoms with van der Waals surface area (Å²) in [5.74, 6) is -2.60. The van der Waals surface area contributed by atoms with E-state index in [9.17, 15) is 29.6 Å². The molecule has 1 aliphatic rings. The van der Waals surface area contributed by atoms with Crippen molar-refractivity contribution < 1.29 is 38.7 Å². The van der Waals surface area contributed by atoms with Crippen LogP contribution in [-0.2, 0) is 14.4 Å². The zero-order valence-electron chi connectivity index (χ0n) is 16.9. The Morgan fingerprint density at radius 2 is 2.06 bits per heavy atom. The molecule has 2 N–H and O–H groups in total. The van der Waals surface area contributed by atoms with Crippen molar-refractivity contribution in [1.29, 1.82) is 0 Å². The molecule has 1 fully saturated rings. The number of ether oxygens (including phenoxy) is 1. The number of carboxylic acid groups (broad SMARTS) is 2. The van der Waals surface area contributed by atoms with Gasteiger partial charge in [-0.25, -0.2) is 4.79 Å². The van der Waals surface area contributed by atoms with Crippen LogP contribution in [0.1, 0.15) is 18.6 Å². The number of hydrogen-bond donors (Lipinski definition) is 2. The SMILES string of the molecule is COc1ccc(-c2ccc(/C=C3/SC(=S)N([C@@H](CCC(=O)O)C(=O)O)C3=O)o2)c([N+](=O)[O-])c1. The predicted octanol–water partition coefficient (Wildman–Crippen LogP) is 3.38. The highest BCUT2D eigenvalue weighted by Crippen LogP contribution is 2.37. The first-order valence-electron chi connectivity index (χ1n) is 9.26. The number of rotatable bonds is 9. The molecule has 11 nitrogen and oxygen atoms in total. The average molecular weight is 492 g/mol. The maximum absolute atomic E-state index is 12.8. The summed E-state index contributed by atoms with van der Waals surface area (Å²) in [5, 5.41) is 29.7. The van der Waals surface area contributed by atoms with E-state index in [1.54, 1.807) is 6.07 Å². The van der Waals surface area contributed by atoms with Gasteiger partial charge < -0.3 is 19.4 Å². The van der Waals surface area contributed by atoms with E-state index in [1.165, 1.54) is 37.5 Å². The number of amides is 1. The number of benzene rings is 1. The largest absolute Gasteiger partial charge is 0.497 e. The third-order valence-corrected chi connectivity index (χ3v) is 5.95. The number of nitrogens with zero attached hydrogens (tertiary/aromatic N) is 2. The highest BCUT2D eigenvalue weighted by molar-refractivity contribution is 8.26. The summed E-state index contributed by atoms with van der Waals surface area (Å²) in [4.78, 5) is 47.0. The zero-order chi connectivity index (χ0) is 24.3. The van der Waals surface area contributed by atoms with Crippen LogP contribution in [0.5, 0.6) is 5.75 Å². The minimum atomic E-state index is -1.42. The molecule has 172 valence electrons. The third-order valence-electron chi connectivity index (χ3n) is 4.62. The molecule has 2 heterocycles. The van der Waals surface area contributed by atoms with E-state index >= 15 is 0 Å². The molecule has 1 aromatic heterocycles. The first-order valence-corrected chi connectivity index (χ1v) is 10.5. The number of methoxy groups -OCH3 is 1. The summed E-state index contributed by atoms with van der Waals surface area (Å²) in [7, 11) is 1.39. The Morgan fingerprint density at radius 3 is 2.67 bits per heavy atom. The molecule has 0 bridgehead atoms. The molecule has 1 aliphatic heterocycles. The van der Waals surface area contributed by atoms with Crippen molar-refractivity contribution in [3.8, 4) is 17.1 Å². The van der Waals surface area contributed by atoms with Crippen molar-refractivity contribution in [3.63, 3.8) is 0 Å². The van der Waals surface area contributed by atoms with Crippen LogP contribution in [0.25, 0.3) is 17.4 Å². The molecule has 1 amide bonds. The summed E-state index contributed by atoms with van der Waals surface area (Å²) in [6, 6.07) is 5.83. The number of furan rings is 1. The number of carbonyl (C=O) groups excluding carboxylic acids is 1. The van der Waals surface area contributed by atoms with Gasteiger partial charge in [-0.1, -0.05) is 24.0 Å². The number of thiocarbonyl (C=S) groups is 1. The number of thioether (sulfide) groups is 1. The van der Waals surface area contributed by atoms with E-state index < -0.39 is 35.2 Å². The Bertz CT molecular complexity index is 1190. The highest BCUT2D eigenvalue weighted by atomic mass is 32.2. The Labute approximate surface area is 195 Å². The number of nitro groups is 1. The fourth-order valence-corrected chi connectivity index (χ4v) is 4.41. The summed E-state index contributed by atoms with van der Waals surface area (Å²) in [5.41, 5.74) is -0.0306. The van der Waals surface area contributed by atoms with Crippen LogP contribution < -0.4 is 4.74 Å². The Kier molecular flexibility index (Phi) is 7.13. The number of carboxylic acids is 2. The topological polar surface area (TPSA) is 160 Å². The minimum Gasteiger partial charge on any atom is -0.497 e. The maximum Gasteiger partial charge on any atom is 0.326 e. The molecule has 1 saturated heterocycles. The number of carbonyl (C=O) groups is 3. The van der Waals surface area contributed by atoms with Crippen molar-refractivity contribution >= 4 is 57.9 Å². The summed E-state index contributed by atoms with van der Waals surface area (Å²) in [6.07, 6.45) is 0.583. The van der Waals surface area contributed by atoms with Gasteiger partial charge in [-0.3, -0.25) is 24.6 Å². The lowest BCUT2D eigenvalue weighted by atomic mass is 10.1. The Morgan fingerprint density at radius 1 is 1.33 bits per heavy atom. The quantitative estimate of drug-likeness (QED) is 0.228. The number of aliphatic carboxylic acids is 2. The van der Waals surface area contributed by atoms with E-state index in [4.69, 9.17) is 26.5 Å². The standard InChI is InChI=1S/C20H16N2O9S2/c1-30-10-2-4-12(14(8-10)22(28)29)15-6-3-11(31-15)9-16-18(25)21(20(32)33-16)13(19(26)27)5-7-17(23)24/h2-4,6,8-9,13H,5,7H2,1H3,(H,23,24)(H,26,27)/b16-9+/t13-/m0/s1. The van der Waals surface area contributed by atoms with Crippen LogP contribution in [-0.4, -0.2) is 55.4 Å². The van der Waals surface area contributed by atoms with Gasteiger partial charge >= 0.3 is 11.9 Å². The van der Waals surface area contributed by atoms with Crippen LogP contribution >= 0.6 is 24.0 Å². The van der Waals surface area contributed by atoms with Gasteiger partial charge in [0.2, 0.25) is 0 Å². The first-order chi connectivity index (χ1) is 15.6. The van der Waals surface area contributed by atoms with Crippen LogP contribution in [0.15, 0.2) is 39.7 Å². The van der Waals surface area contributed by atoms with Crippen LogP contribution in [0.3, 0.4) is 0 Å². The fraction of sp³-hybridized carbons (Fsp3) is 0.200. The lowest BCUT2D eigenvalue weighted by molar-refractivity contribution is -0.384. The van der Waals surface area contributed by atoms with Crippen LogP contribution in [0.2, 0.25) is 0 Å². The van der Waals surface area contributed by atoms with Crippen molar-refractivity contribution in [2.24, 2.45) is 0 Å². The van der Waals surface area contributed by atoms with Gasteiger partial charge in [-0.2, -0.15) is 0 Å². The summed E-state index contributed by atoms with van der Waals surface area (Å²) in [6.45, 7) is 0. The van der Waals surface area contributed by atoms with Gasteiger partial charge in [0.05, 0.1) is 28.6 Å². The van der Waals surface area contributed by atoms with E-state index in [0.717, 1.165) is 16.7 Å². The Hall–Kier alpha value is -3.71. The molecule has 1 aromatic carbocycles. The molecule has 0 aliphatic carbocycles. The lowest BCUT2D eigenvalue weighted by Crippen LogP contribution is -2.44. The fourth-order valence-electron chi connectivity index (χ4n) is 3.07. The van der Waals surface area contributed by atoms with Gasteiger partial charge in [0, 0.05) is 12.5 Å². The van der Waals surface area contributed by atoms with Crippen LogP contribution in [0, 0.1) is 10.1 Å². The molecular formula is C20H16N2O9S2. The van der Waals surface area contributed by atoms with Gasteiger partial charge in [-0.05, 0) is 30.7 Å². The second-order valence-electron chi connectivity index (χ2n) is 6.68. The third kappa shape index (κ3) is 5.21. The van der Waals surface area contributed by atoms with E-state index in [-0.39, 0.29) is 38.4 Å². The monoisotopic (exact) mass is 492 g/mol. The maximum atomic E-state index is 12.8. The second-order valence-corrected chi connectivity index (χ2v) is 8.36. The molecule has 13 heteroatoms. The smallest absolute Gasteiger partial charge is 0.326 e. The number of nitro benzene ring substituents is 1. The molecule has 2 aromatic rings. The molecule has 1 atom stereocenters. The van der Waals surface area contributed by atoms with Crippen molar-refractivity contribution in [1.82, 2.24) is 4.90 Å². The minimum absolute atomic E-state index is 0.0263. The van der Waals surface area contributed by atoms with Gasteiger partial charge in [0.15, 0.2) is 0 Å². The molecule has 0 saturated carbocycles. The van der Waals surface area contributed by atoms with Crippen molar-refractivity contribution in [2.75, 3.05) is 7.11 Å². The summed E-state index contributed by atoms with van der Waals surface area (Å²) < 4.78 is 10.6. The number of hydrogen-bond acceptors (Lipinski definition) is 9. The van der Waals surface area contributed by atoms with E-state index in [2.05, 4.69) is 0 Å². The van der Waals surface area contributed by atoms with Gasteiger partial charge in [0.25, 0.3) is 11.6 Å². The van der Waals surface area contributed by atoms with E-state index in [0.29, 0.717) is 5.75 Å². The molecule has 0 radical (unpaired) electrons. The molecule has 0 spiro atoms. The van der Waals surface area contributed by atoms with Gasteiger partial charge in [-0.15, -0.1) is 0 Å². The highest BCUT2D eigenvalue weighted by Gasteiger charge is 2.40. The van der Waals surface area contributed by atoms with Gasteiger partial charge in [0.1, 0.15) is 27.6 Å².